The molecule has 0 aliphatic carbocycles. The van der Waals surface area contributed by atoms with Crippen LogP contribution in [-0.4, -0.2) is 35.1 Å². The van der Waals surface area contributed by atoms with E-state index in [-0.39, 0.29) is 24.0 Å². The zero-order valence-corrected chi connectivity index (χ0v) is 16.6. The number of halogens is 1. The number of esters is 1. The van der Waals surface area contributed by atoms with Crippen molar-refractivity contribution in [3.63, 3.8) is 0 Å². The summed E-state index contributed by atoms with van der Waals surface area (Å²) in [5, 5.41) is 3.59. The SMILES string of the molecule is COC(=O)c1cnc(OCc2ccccn2)nc1NCc1ccc(OC)c(Cl)c1. The summed E-state index contributed by atoms with van der Waals surface area (Å²) >= 11 is 6.16. The molecular weight excluding hydrogens is 396 g/mol. The lowest BCUT2D eigenvalue weighted by Crippen LogP contribution is -2.12. The van der Waals surface area contributed by atoms with Gasteiger partial charge in [0.2, 0.25) is 0 Å². The highest BCUT2D eigenvalue weighted by atomic mass is 35.5. The molecule has 29 heavy (non-hydrogen) atoms. The highest BCUT2D eigenvalue weighted by molar-refractivity contribution is 6.32. The number of hydrogen-bond donors (Lipinski definition) is 1. The summed E-state index contributed by atoms with van der Waals surface area (Å²) in [5.41, 5.74) is 1.80. The van der Waals surface area contributed by atoms with Gasteiger partial charge in [0.1, 0.15) is 23.7 Å². The van der Waals surface area contributed by atoms with E-state index in [1.807, 2.05) is 24.3 Å². The third kappa shape index (κ3) is 5.32. The number of rotatable bonds is 8. The van der Waals surface area contributed by atoms with E-state index < -0.39 is 5.97 Å². The van der Waals surface area contributed by atoms with Gasteiger partial charge in [-0.15, -0.1) is 0 Å². The molecule has 0 saturated heterocycles. The second kappa shape index (κ2) is 9.70. The molecule has 0 unspecified atom stereocenters. The quantitative estimate of drug-likeness (QED) is 0.559. The molecule has 2 aromatic heterocycles. The summed E-state index contributed by atoms with van der Waals surface area (Å²) in [4.78, 5) is 24.6. The maximum absolute atomic E-state index is 12.0. The number of nitrogens with zero attached hydrogens (tertiary/aromatic N) is 3. The summed E-state index contributed by atoms with van der Waals surface area (Å²) in [7, 11) is 2.84. The van der Waals surface area contributed by atoms with Gasteiger partial charge in [-0.2, -0.15) is 4.98 Å². The van der Waals surface area contributed by atoms with Gasteiger partial charge in [-0.25, -0.2) is 9.78 Å². The minimum absolute atomic E-state index is 0.110. The molecule has 0 bridgehead atoms. The Morgan fingerprint density at radius 2 is 2.03 bits per heavy atom. The molecule has 0 aliphatic heterocycles. The van der Waals surface area contributed by atoms with Crippen molar-refractivity contribution in [1.82, 2.24) is 15.0 Å². The highest BCUT2D eigenvalue weighted by Gasteiger charge is 2.16. The van der Waals surface area contributed by atoms with Gasteiger partial charge in [0, 0.05) is 12.7 Å². The Bertz CT molecular complexity index is 985. The summed E-state index contributed by atoms with van der Waals surface area (Å²) in [6.45, 7) is 0.566. The van der Waals surface area contributed by atoms with Gasteiger partial charge in [-0.3, -0.25) is 4.98 Å². The number of carbonyl (C=O) groups excluding carboxylic acids is 1. The van der Waals surface area contributed by atoms with Gasteiger partial charge < -0.3 is 19.5 Å². The first kappa shape index (κ1) is 20.3. The molecule has 1 N–H and O–H groups in total. The van der Waals surface area contributed by atoms with E-state index in [0.29, 0.717) is 17.3 Å². The lowest BCUT2D eigenvalue weighted by Gasteiger charge is -2.12. The number of methoxy groups -OCH3 is 2. The lowest BCUT2D eigenvalue weighted by atomic mass is 10.2. The van der Waals surface area contributed by atoms with Crippen LogP contribution in [0.5, 0.6) is 11.8 Å². The maximum Gasteiger partial charge on any atom is 0.343 e. The van der Waals surface area contributed by atoms with Crippen LogP contribution >= 0.6 is 11.6 Å². The van der Waals surface area contributed by atoms with Crippen LogP contribution in [0, 0.1) is 0 Å². The Morgan fingerprint density at radius 1 is 1.17 bits per heavy atom. The number of anilines is 1. The molecule has 150 valence electrons. The fourth-order valence-corrected chi connectivity index (χ4v) is 2.74. The third-order valence-electron chi connectivity index (χ3n) is 3.92. The molecule has 0 radical (unpaired) electrons. The maximum atomic E-state index is 12.0. The van der Waals surface area contributed by atoms with Crippen molar-refractivity contribution in [2.75, 3.05) is 19.5 Å². The van der Waals surface area contributed by atoms with Crippen LogP contribution in [0.4, 0.5) is 5.82 Å². The van der Waals surface area contributed by atoms with Crippen molar-refractivity contribution in [2.24, 2.45) is 0 Å². The molecule has 0 aliphatic rings. The summed E-state index contributed by atoms with van der Waals surface area (Å²) in [5.74, 6) is 0.310. The lowest BCUT2D eigenvalue weighted by molar-refractivity contribution is 0.0600. The van der Waals surface area contributed by atoms with Crippen LogP contribution in [0.2, 0.25) is 5.02 Å². The Morgan fingerprint density at radius 3 is 2.72 bits per heavy atom. The number of carbonyl (C=O) groups is 1. The summed E-state index contributed by atoms with van der Waals surface area (Å²) < 4.78 is 15.5. The van der Waals surface area contributed by atoms with Gasteiger partial charge >= 0.3 is 12.0 Å². The van der Waals surface area contributed by atoms with Crippen molar-refractivity contribution in [3.05, 3.63) is 70.6 Å². The molecule has 0 saturated carbocycles. The molecule has 0 amide bonds. The summed E-state index contributed by atoms with van der Waals surface area (Å²) in [6, 6.07) is 11.0. The van der Waals surface area contributed by atoms with Gasteiger partial charge in [-0.1, -0.05) is 23.7 Å². The van der Waals surface area contributed by atoms with E-state index in [4.69, 9.17) is 25.8 Å². The fourth-order valence-electron chi connectivity index (χ4n) is 2.46. The number of hydrogen-bond acceptors (Lipinski definition) is 8. The second-order valence-electron chi connectivity index (χ2n) is 5.84. The minimum atomic E-state index is -0.559. The average molecular weight is 415 g/mol. The molecule has 9 heteroatoms. The average Bonchev–Trinajstić information content (AvgIpc) is 2.76. The topological polar surface area (TPSA) is 95.5 Å². The Kier molecular flexibility index (Phi) is 6.80. The zero-order valence-electron chi connectivity index (χ0n) is 15.9. The van der Waals surface area contributed by atoms with E-state index in [9.17, 15) is 4.79 Å². The van der Waals surface area contributed by atoms with Crippen LogP contribution in [0.1, 0.15) is 21.6 Å². The van der Waals surface area contributed by atoms with Crippen LogP contribution in [0.15, 0.2) is 48.8 Å². The Hall–Kier alpha value is -3.39. The first-order valence-corrected chi connectivity index (χ1v) is 9.03. The van der Waals surface area contributed by atoms with E-state index in [1.54, 1.807) is 25.4 Å². The van der Waals surface area contributed by atoms with E-state index in [1.165, 1.54) is 13.3 Å². The van der Waals surface area contributed by atoms with Crippen molar-refractivity contribution < 1.29 is 19.0 Å². The van der Waals surface area contributed by atoms with Crippen LogP contribution in [-0.2, 0) is 17.9 Å². The van der Waals surface area contributed by atoms with Crippen molar-refractivity contribution in [2.45, 2.75) is 13.2 Å². The van der Waals surface area contributed by atoms with Crippen molar-refractivity contribution in [3.8, 4) is 11.8 Å². The molecule has 0 fully saturated rings. The minimum Gasteiger partial charge on any atom is -0.495 e. The number of aromatic nitrogens is 3. The van der Waals surface area contributed by atoms with Crippen LogP contribution < -0.4 is 14.8 Å². The zero-order chi connectivity index (χ0) is 20.6. The molecular formula is C20H19ClN4O4. The van der Waals surface area contributed by atoms with Gasteiger partial charge in [0.15, 0.2) is 0 Å². The monoisotopic (exact) mass is 414 g/mol. The predicted octanol–water partition coefficient (Wildman–Crippen LogP) is 3.51. The number of benzene rings is 1. The fraction of sp³-hybridized carbons (Fsp3) is 0.200. The van der Waals surface area contributed by atoms with Gasteiger partial charge in [0.25, 0.3) is 0 Å². The normalized spacial score (nSPS) is 10.3. The number of nitrogens with one attached hydrogen (secondary N) is 1. The van der Waals surface area contributed by atoms with Crippen LogP contribution in [0.25, 0.3) is 0 Å². The molecule has 3 aromatic rings. The molecule has 0 atom stereocenters. The highest BCUT2D eigenvalue weighted by Crippen LogP contribution is 2.25. The second-order valence-corrected chi connectivity index (χ2v) is 6.25. The molecule has 3 rings (SSSR count). The van der Waals surface area contributed by atoms with Crippen molar-refractivity contribution in [1.29, 1.82) is 0 Å². The van der Waals surface area contributed by atoms with E-state index in [0.717, 1.165) is 11.3 Å². The smallest absolute Gasteiger partial charge is 0.343 e. The largest absolute Gasteiger partial charge is 0.495 e. The Balaban J connectivity index is 1.76. The van der Waals surface area contributed by atoms with E-state index >= 15 is 0 Å². The number of pyridine rings is 1. The third-order valence-corrected chi connectivity index (χ3v) is 4.22. The van der Waals surface area contributed by atoms with Gasteiger partial charge in [-0.05, 0) is 29.8 Å². The van der Waals surface area contributed by atoms with Gasteiger partial charge in [0.05, 0.1) is 31.1 Å². The van der Waals surface area contributed by atoms with Crippen LogP contribution in [0.3, 0.4) is 0 Å². The molecule has 0 spiro atoms. The van der Waals surface area contributed by atoms with Crippen molar-refractivity contribution >= 4 is 23.4 Å². The first-order valence-electron chi connectivity index (χ1n) is 8.65. The first-order chi connectivity index (χ1) is 14.1. The van der Waals surface area contributed by atoms with E-state index in [2.05, 4.69) is 20.3 Å². The Labute approximate surface area is 172 Å². The molecule has 8 nitrogen and oxygen atoms in total. The standard InChI is InChI=1S/C20H19ClN4O4/c1-27-17-7-6-13(9-16(17)21)10-23-18-15(19(26)28-2)11-24-20(25-18)29-12-14-5-3-4-8-22-14/h3-9,11H,10,12H2,1-2H3,(H,23,24,25). The molecule has 2 heterocycles. The molecule has 1 aromatic carbocycles. The predicted molar refractivity (Wildman–Crippen MR) is 107 cm³/mol. The number of ether oxygens (including phenoxy) is 3. The summed E-state index contributed by atoms with van der Waals surface area (Å²) in [6.07, 6.45) is 3.03.